The third kappa shape index (κ3) is 14.8. The first-order valence-corrected chi connectivity index (χ1v) is 35.3. The van der Waals surface area contributed by atoms with Crippen molar-refractivity contribution in [3.05, 3.63) is 334 Å². The maximum Gasteiger partial charge on any atom is 0.325 e. The summed E-state index contributed by atoms with van der Waals surface area (Å²) < 4.78 is 23.9. The van der Waals surface area contributed by atoms with Crippen molar-refractivity contribution in [3.8, 4) is 0 Å². The highest BCUT2D eigenvalue weighted by Gasteiger charge is 2.33. The minimum Gasteiger partial charge on any atom is -0.464 e. The van der Waals surface area contributed by atoms with E-state index in [1.807, 2.05) is 50.3 Å². The van der Waals surface area contributed by atoms with Crippen LogP contribution in [0.5, 0.6) is 0 Å². The summed E-state index contributed by atoms with van der Waals surface area (Å²) in [5, 5.41) is 3.67. The summed E-state index contributed by atoms with van der Waals surface area (Å²) in [7, 11) is 0. The zero-order chi connectivity index (χ0) is 74.2. The number of allylic oxidation sites excluding steroid dienone is 8. The fourth-order valence-corrected chi connectivity index (χ4v) is 13.5. The van der Waals surface area contributed by atoms with Crippen molar-refractivity contribution in [2.45, 2.75) is 67.1 Å². The molecule has 13 aromatic rings. The summed E-state index contributed by atoms with van der Waals surface area (Å²) in [4.78, 5) is 128. The van der Waals surface area contributed by atoms with Gasteiger partial charge in [-0.1, -0.05) is 172 Å². The van der Waals surface area contributed by atoms with E-state index in [0.717, 1.165) is 12.8 Å². The molecule has 0 spiro atoms. The molecule has 0 aliphatic rings. The Kier molecular flexibility index (Phi) is 21.1. The average molecular weight is 1400 g/mol. The molecular weight excluding hydrogens is 1330 g/mol. The van der Waals surface area contributed by atoms with Gasteiger partial charge in [-0.3, -0.25) is 43.2 Å². The van der Waals surface area contributed by atoms with Gasteiger partial charge in [-0.25, -0.2) is 0 Å². The number of Topliss-reactive ketones (excluding diaryl/α,β-unsaturated/α-hetero) is 2. The summed E-state index contributed by atoms with van der Waals surface area (Å²) >= 11 is 0. The Morgan fingerprint density at radius 1 is 0.311 bits per heavy atom. The van der Waals surface area contributed by atoms with E-state index in [-0.39, 0.29) is 54.3 Å². The van der Waals surface area contributed by atoms with E-state index in [4.69, 9.17) is 14.2 Å². The number of rotatable bonds is 28. The molecule has 526 valence electrons. The normalized spacial score (nSPS) is 12.6. The van der Waals surface area contributed by atoms with Crippen molar-refractivity contribution >= 4 is 118 Å². The molecule has 15 heteroatoms. The number of nitrogens with zero attached hydrogens (tertiary/aromatic N) is 3. The van der Waals surface area contributed by atoms with Gasteiger partial charge in [0.05, 0.1) is 5.41 Å². The van der Waals surface area contributed by atoms with Gasteiger partial charge in [-0.05, 0) is 143 Å². The van der Waals surface area contributed by atoms with Crippen LogP contribution >= 0.6 is 0 Å². The number of ketones is 6. The molecule has 13 rings (SSSR count). The van der Waals surface area contributed by atoms with Crippen LogP contribution in [0.3, 0.4) is 0 Å². The molecule has 3 aromatic heterocycles. The zero-order valence-corrected chi connectivity index (χ0v) is 59.3. The highest BCUT2D eigenvalue weighted by molar-refractivity contribution is 6.21. The lowest BCUT2D eigenvalue weighted by atomic mass is 9.94. The lowest BCUT2D eigenvalue weighted by molar-refractivity contribution is -0.161. The van der Waals surface area contributed by atoms with Crippen LogP contribution < -0.4 is 0 Å². The van der Waals surface area contributed by atoms with Gasteiger partial charge in [0.1, 0.15) is 39.5 Å². The third-order valence-corrected chi connectivity index (χ3v) is 19.1. The first kappa shape index (κ1) is 71.4. The summed E-state index contributed by atoms with van der Waals surface area (Å²) in [6, 6.07) is 66.8. The van der Waals surface area contributed by atoms with Crippen LogP contribution in [0, 0.1) is 5.41 Å². The van der Waals surface area contributed by atoms with Gasteiger partial charge in [0.25, 0.3) is 0 Å². The maximum absolute atomic E-state index is 14.7. The molecule has 0 atom stereocenters. The molecule has 0 aliphatic heterocycles. The van der Waals surface area contributed by atoms with Crippen LogP contribution in [0.4, 0.5) is 0 Å². The van der Waals surface area contributed by atoms with E-state index in [2.05, 4.69) is 0 Å². The van der Waals surface area contributed by atoms with Gasteiger partial charge in [0, 0.05) is 132 Å². The van der Waals surface area contributed by atoms with Crippen molar-refractivity contribution in [1.82, 2.24) is 13.7 Å². The van der Waals surface area contributed by atoms with Gasteiger partial charge < -0.3 is 27.9 Å². The van der Waals surface area contributed by atoms with Crippen LogP contribution in [0.1, 0.15) is 132 Å². The van der Waals surface area contributed by atoms with E-state index < -0.39 is 43.1 Å². The van der Waals surface area contributed by atoms with Crippen molar-refractivity contribution < 1.29 is 57.4 Å². The van der Waals surface area contributed by atoms with E-state index in [9.17, 15) is 43.2 Å². The van der Waals surface area contributed by atoms with Gasteiger partial charge >= 0.3 is 17.9 Å². The van der Waals surface area contributed by atoms with Crippen LogP contribution in [0.25, 0.3) is 65.4 Å². The molecule has 3 heterocycles. The van der Waals surface area contributed by atoms with Crippen LogP contribution in [0.2, 0.25) is 0 Å². The predicted molar refractivity (Wildman–Crippen MR) is 414 cm³/mol. The third-order valence-electron chi connectivity index (χ3n) is 19.1. The molecule has 0 amide bonds. The fourth-order valence-electron chi connectivity index (χ4n) is 13.5. The number of esters is 3. The highest BCUT2D eigenvalue weighted by atomic mass is 16.6. The Morgan fingerprint density at radius 2 is 0.538 bits per heavy atom. The monoisotopic (exact) mass is 1400 g/mol. The van der Waals surface area contributed by atoms with E-state index in [1.54, 1.807) is 265 Å². The molecule has 0 bridgehead atoms. The number of carbonyl (C=O) groups excluding carboxylic acids is 9. The number of benzene rings is 10. The van der Waals surface area contributed by atoms with Crippen molar-refractivity contribution in [2.24, 2.45) is 5.41 Å². The lowest BCUT2D eigenvalue weighted by Crippen LogP contribution is -2.38. The van der Waals surface area contributed by atoms with Crippen LogP contribution in [-0.4, -0.2) is 86.1 Å². The molecule has 10 aromatic carbocycles. The van der Waals surface area contributed by atoms with Crippen molar-refractivity contribution in [2.75, 3.05) is 19.8 Å². The summed E-state index contributed by atoms with van der Waals surface area (Å²) in [6.45, 7) is 6.84. The quantitative estimate of drug-likeness (QED) is 0.0148. The zero-order valence-electron chi connectivity index (χ0n) is 59.3. The van der Waals surface area contributed by atoms with E-state index in [0.29, 0.717) is 132 Å². The molecule has 0 saturated heterocycles. The average Bonchev–Trinajstić information content (AvgIpc) is 1.61. The standard InChI is InChI=1S/C91H75N3O12/c1-6-10-24-58(8-3)85(98)64-34-40-76-70(46-64)72-48-66(87(100)60-26-16-12-17-27-60)36-42-78(72)92(76)52-82(95)104-55-91(5,56-105-83(96)53-93-77-41-35-65(86(99)59(9-4)25-11-7-2)47-71(77)73-49-67(37-43-79(73)93)88(101)61-28-18-13-19-29-61)57-106-84(97)54-94-80-44-38-68(89(102)62-30-20-14-21-31-62)50-74(80)75-51-69(39-45-81(75)94)90(103)63-32-22-15-23-33-63/h8-51H,6-7,52-57H2,1-5H3. The number of hydrogen-bond acceptors (Lipinski definition) is 12. The first-order valence-electron chi connectivity index (χ1n) is 35.3. The van der Waals surface area contributed by atoms with Crippen LogP contribution in [-0.2, 0) is 48.2 Å². The number of hydrogen-bond donors (Lipinski definition) is 0. The Balaban J connectivity index is 0.829. The molecule has 0 saturated carbocycles. The van der Waals surface area contributed by atoms with Gasteiger partial charge in [-0.15, -0.1) is 0 Å². The van der Waals surface area contributed by atoms with Crippen LogP contribution in [0.15, 0.2) is 278 Å². The molecule has 0 fully saturated rings. The Hall–Kier alpha value is -13.0. The summed E-state index contributed by atoms with van der Waals surface area (Å²) in [6.07, 6.45) is 12.4. The number of carbonyl (C=O) groups is 9. The molecule has 0 N–H and O–H groups in total. The molecule has 106 heavy (non-hydrogen) atoms. The molecule has 0 unspecified atom stereocenters. The van der Waals surface area contributed by atoms with Gasteiger partial charge in [0.2, 0.25) is 0 Å². The second-order valence-electron chi connectivity index (χ2n) is 26.5. The fraction of sp³-hybridized carbons (Fsp3) is 0.154. The summed E-state index contributed by atoms with van der Waals surface area (Å²) in [5.41, 5.74) is 7.32. The molecule has 15 nitrogen and oxygen atoms in total. The van der Waals surface area contributed by atoms with Crippen molar-refractivity contribution in [3.63, 3.8) is 0 Å². The first-order chi connectivity index (χ1) is 51.5. The smallest absolute Gasteiger partial charge is 0.325 e. The number of ether oxygens (including phenoxy) is 3. The molecular formula is C91H75N3O12. The Labute approximate surface area is 611 Å². The van der Waals surface area contributed by atoms with E-state index >= 15 is 0 Å². The summed E-state index contributed by atoms with van der Waals surface area (Å²) in [5.74, 6) is -3.44. The number of aromatic nitrogens is 3. The lowest BCUT2D eigenvalue weighted by Gasteiger charge is -2.28. The molecule has 0 radical (unpaired) electrons. The minimum atomic E-state index is -1.43. The largest absolute Gasteiger partial charge is 0.464 e. The number of fused-ring (bicyclic) bond motifs is 9. The Morgan fingerprint density at radius 3 is 0.764 bits per heavy atom. The second-order valence-corrected chi connectivity index (χ2v) is 26.5. The van der Waals surface area contributed by atoms with Crippen molar-refractivity contribution in [1.29, 1.82) is 0 Å². The second kappa shape index (κ2) is 31.3. The highest BCUT2D eigenvalue weighted by Crippen LogP contribution is 2.37. The molecule has 0 aliphatic carbocycles. The maximum atomic E-state index is 14.7. The topological polar surface area (TPSA) is 196 Å². The van der Waals surface area contributed by atoms with Gasteiger partial charge in [-0.2, -0.15) is 0 Å². The predicted octanol–water partition coefficient (Wildman–Crippen LogP) is 18.2. The Bertz CT molecular complexity index is 5470. The van der Waals surface area contributed by atoms with Gasteiger partial charge in [0.15, 0.2) is 34.7 Å². The SMILES string of the molecule is CC=C(C=CCC)C(=O)c1ccc2c(c1)c1cc(C(=O)c3ccccc3)ccc1n2CC(=O)OCC(C)(COC(=O)Cn1c2ccc(C(=O)C(C=CCC)=CC)cc2c2cc(C(=O)c3ccccc3)ccc21)COC(=O)Cn1c2ccc(C(=O)c3ccccc3)cc2c2cc(C(=O)c3ccccc3)ccc21. The minimum absolute atomic E-state index is 0.208. The van der Waals surface area contributed by atoms with E-state index in [1.165, 1.54) is 0 Å².